The number of allylic oxidation sites excluding steroid dienone is 2. The molecule has 0 spiro atoms. The summed E-state index contributed by atoms with van der Waals surface area (Å²) < 4.78 is 5.10. The molecule has 11 heavy (non-hydrogen) atoms. The standard InChI is InChI=1S/C8H9NO2/c10-9-8-3-6-1-2-11-5-7(6)4-8/h1-2,10H,3-5H2/b9-8-. The highest BCUT2D eigenvalue weighted by molar-refractivity contribution is 5.92. The zero-order valence-corrected chi connectivity index (χ0v) is 6.08. The lowest BCUT2D eigenvalue weighted by Gasteiger charge is -2.07. The minimum atomic E-state index is 0.658. The number of ether oxygens (including phenoxy) is 1. The average molecular weight is 151 g/mol. The van der Waals surface area contributed by atoms with Crippen LogP contribution in [0.1, 0.15) is 12.8 Å². The van der Waals surface area contributed by atoms with Crippen molar-refractivity contribution < 1.29 is 9.94 Å². The van der Waals surface area contributed by atoms with E-state index in [2.05, 4.69) is 5.16 Å². The third kappa shape index (κ3) is 1.02. The molecule has 1 aliphatic heterocycles. The van der Waals surface area contributed by atoms with E-state index in [1.807, 2.05) is 6.08 Å². The van der Waals surface area contributed by atoms with Crippen LogP contribution in [-0.4, -0.2) is 17.5 Å². The fourth-order valence-corrected chi connectivity index (χ4v) is 1.44. The van der Waals surface area contributed by atoms with E-state index in [0.29, 0.717) is 6.61 Å². The lowest BCUT2D eigenvalue weighted by molar-refractivity contribution is 0.273. The van der Waals surface area contributed by atoms with Gasteiger partial charge in [-0.25, -0.2) is 0 Å². The van der Waals surface area contributed by atoms with Crippen LogP contribution >= 0.6 is 0 Å². The predicted octanol–water partition coefficient (Wildman–Crippen LogP) is 1.45. The Morgan fingerprint density at radius 3 is 3.09 bits per heavy atom. The molecule has 0 aromatic heterocycles. The van der Waals surface area contributed by atoms with E-state index >= 15 is 0 Å². The minimum absolute atomic E-state index is 0.658. The van der Waals surface area contributed by atoms with Crippen molar-refractivity contribution in [3.63, 3.8) is 0 Å². The van der Waals surface area contributed by atoms with Crippen molar-refractivity contribution >= 4 is 5.71 Å². The van der Waals surface area contributed by atoms with E-state index in [-0.39, 0.29) is 0 Å². The van der Waals surface area contributed by atoms with Gasteiger partial charge < -0.3 is 9.94 Å². The minimum Gasteiger partial charge on any atom is -0.497 e. The Balaban J connectivity index is 2.22. The Bertz CT molecular complexity index is 263. The molecule has 2 rings (SSSR count). The highest BCUT2D eigenvalue weighted by Crippen LogP contribution is 2.27. The van der Waals surface area contributed by atoms with Gasteiger partial charge >= 0.3 is 0 Å². The van der Waals surface area contributed by atoms with Crippen molar-refractivity contribution in [3.8, 4) is 0 Å². The van der Waals surface area contributed by atoms with Crippen LogP contribution < -0.4 is 0 Å². The molecular formula is C8H9NO2. The van der Waals surface area contributed by atoms with Crippen LogP contribution in [0.25, 0.3) is 0 Å². The summed E-state index contributed by atoms with van der Waals surface area (Å²) in [6, 6.07) is 0. The van der Waals surface area contributed by atoms with Crippen LogP contribution in [0, 0.1) is 0 Å². The Labute approximate surface area is 64.7 Å². The Kier molecular flexibility index (Phi) is 1.42. The van der Waals surface area contributed by atoms with Gasteiger partial charge in [-0.05, 0) is 17.2 Å². The molecule has 0 saturated carbocycles. The van der Waals surface area contributed by atoms with Gasteiger partial charge in [-0.2, -0.15) is 0 Å². The zero-order valence-electron chi connectivity index (χ0n) is 6.08. The highest BCUT2D eigenvalue weighted by atomic mass is 16.5. The molecular weight excluding hydrogens is 142 g/mol. The Morgan fingerprint density at radius 1 is 1.45 bits per heavy atom. The number of hydrogen-bond donors (Lipinski definition) is 1. The van der Waals surface area contributed by atoms with Gasteiger partial charge in [-0.3, -0.25) is 0 Å². The molecule has 0 radical (unpaired) electrons. The molecule has 1 heterocycles. The first kappa shape index (κ1) is 6.46. The summed E-state index contributed by atoms with van der Waals surface area (Å²) in [7, 11) is 0. The maximum Gasteiger partial charge on any atom is 0.109 e. The fraction of sp³-hybridized carbons (Fsp3) is 0.375. The summed E-state index contributed by atoms with van der Waals surface area (Å²) in [6.07, 6.45) is 5.19. The number of oxime groups is 1. The summed E-state index contributed by atoms with van der Waals surface area (Å²) in [5, 5.41) is 11.7. The SMILES string of the molecule is O/N=C1/CC2=C(COC=C2)C1. The van der Waals surface area contributed by atoms with Gasteiger partial charge in [-0.1, -0.05) is 5.16 Å². The van der Waals surface area contributed by atoms with E-state index in [0.717, 1.165) is 18.6 Å². The second-order valence-corrected chi connectivity index (χ2v) is 2.76. The molecule has 0 aromatic rings. The first-order valence-electron chi connectivity index (χ1n) is 3.59. The first-order valence-corrected chi connectivity index (χ1v) is 3.59. The van der Waals surface area contributed by atoms with Crippen LogP contribution in [0.4, 0.5) is 0 Å². The van der Waals surface area contributed by atoms with Crippen LogP contribution in [-0.2, 0) is 4.74 Å². The lowest BCUT2D eigenvalue weighted by atomic mass is 10.1. The molecule has 3 nitrogen and oxygen atoms in total. The monoisotopic (exact) mass is 151 g/mol. The fourth-order valence-electron chi connectivity index (χ4n) is 1.44. The number of nitrogens with zero attached hydrogens (tertiary/aromatic N) is 1. The lowest BCUT2D eigenvalue weighted by Crippen LogP contribution is -1.97. The summed E-state index contributed by atoms with van der Waals surface area (Å²) in [5.74, 6) is 0. The molecule has 0 saturated heterocycles. The molecule has 0 amide bonds. The molecule has 3 heteroatoms. The van der Waals surface area contributed by atoms with Gasteiger partial charge in [0.25, 0.3) is 0 Å². The smallest absolute Gasteiger partial charge is 0.109 e. The second-order valence-electron chi connectivity index (χ2n) is 2.76. The van der Waals surface area contributed by atoms with Crippen LogP contribution in [0.15, 0.2) is 28.6 Å². The third-order valence-electron chi connectivity index (χ3n) is 2.03. The van der Waals surface area contributed by atoms with E-state index < -0.39 is 0 Å². The van der Waals surface area contributed by atoms with Crippen molar-refractivity contribution in [1.82, 2.24) is 0 Å². The maximum absolute atomic E-state index is 8.51. The second kappa shape index (κ2) is 2.42. The summed E-state index contributed by atoms with van der Waals surface area (Å²) in [6.45, 7) is 0.658. The van der Waals surface area contributed by atoms with E-state index in [1.54, 1.807) is 6.26 Å². The van der Waals surface area contributed by atoms with Gasteiger partial charge in [-0.15, -0.1) is 0 Å². The summed E-state index contributed by atoms with van der Waals surface area (Å²) >= 11 is 0. The largest absolute Gasteiger partial charge is 0.497 e. The molecule has 0 unspecified atom stereocenters. The van der Waals surface area contributed by atoms with Gasteiger partial charge in [0.05, 0.1) is 12.0 Å². The van der Waals surface area contributed by atoms with Crippen LogP contribution in [0.2, 0.25) is 0 Å². The van der Waals surface area contributed by atoms with Crippen molar-refractivity contribution in [1.29, 1.82) is 0 Å². The van der Waals surface area contributed by atoms with Crippen LogP contribution in [0.5, 0.6) is 0 Å². The molecule has 58 valence electrons. The quantitative estimate of drug-likeness (QED) is 0.420. The third-order valence-corrected chi connectivity index (χ3v) is 2.03. The van der Waals surface area contributed by atoms with Crippen molar-refractivity contribution in [3.05, 3.63) is 23.5 Å². The Morgan fingerprint density at radius 2 is 2.36 bits per heavy atom. The summed E-state index contributed by atoms with van der Waals surface area (Å²) in [4.78, 5) is 0. The summed E-state index contributed by atoms with van der Waals surface area (Å²) in [5.41, 5.74) is 3.34. The van der Waals surface area contributed by atoms with E-state index in [1.165, 1.54) is 11.1 Å². The van der Waals surface area contributed by atoms with Crippen molar-refractivity contribution in [2.24, 2.45) is 5.16 Å². The van der Waals surface area contributed by atoms with E-state index in [9.17, 15) is 0 Å². The number of rotatable bonds is 0. The maximum atomic E-state index is 8.51. The first-order chi connectivity index (χ1) is 5.40. The van der Waals surface area contributed by atoms with Gasteiger partial charge in [0.15, 0.2) is 0 Å². The molecule has 1 N–H and O–H groups in total. The zero-order chi connectivity index (χ0) is 7.68. The predicted molar refractivity (Wildman–Crippen MR) is 40.6 cm³/mol. The number of hydrogen-bond acceptors (Lipinski definition) is 3. The molecule has 0 atom stereocenters. The topological polar surface area (TPSA) is 41.8 Å². The van der Waals surface area contributed by atoms with Gasteiger partial charge in [0, 0.05) is 12.8 Å². The van der Waals surface area contributed by atoms with Gasteiger partial charge in [0.1, 0.15) is 6.61 Å². The molecule has 0 fully saturated rings. The van der Waals surface area contributed by atoms with Crippen molar-refractivity contribution in [2.45, 2.75) is 12.8 Å². The molecule has 0 bridgehead atoms. The Hall–Kier alpha value is -1.25. The van der Waals surface area contributed by atoms with Crippen LogP contribution in [0.3, 0.4) is 0 Å². The molecule has 2 aliphatic rings. The highest BCUT2D eigenvalue weighted by Gasteiger charge is 2.20. The normalized spacial score (nSPS) is 25.6. The molecule has 0 aromatic carbocycles. The van der Waals surface area contributed by atoms with Gasteiger partial charge in [0.2, 0.25) is 0 Å². The molecule has 1 aliphatic carbocycles. The van der Waals surface area contributed by atoms with Crippen molar-refractivity contribution in [2.75, 3.05) is 6.61 Å². The average Bonchev–Trinajstić information content (AvgIpc) is 2.46. The van der Waals surface area contributed by atoms with E-state index in [4.69, 9.17) is 9.94 Å².